The number of carboxylic acids is 2. The predicted octanol–water partition coefficient (Wildman–Crippen LogP) is 2.66. The summed E-state index contributed by atoms with van der Waals surface area (Å²) in [7, 11) is 0. The highest BCUT2D eigenvalue weighted by molar-refractivity contribution is 5.96. The number of nitrogens with one attached hydrogen (secondary N) is 1. The number of H-pyrrole nitrogens is 1. The molecule has 0 aliphatic carbocycles. The van der Waals surface area contributed by atoms with E-state index in [0.717, 1.165) is 10.9 Å². The van der Waals surface area contributed by atoms with E-state index < -0.39 is 11.9 Å². The van der Waals surface area contributed by atoms with Crippen LogP contribution in [0.3, 0.4) is 0 Å². The average Bonchev–Trinajstić information content (AvgIpc) is 3.27. The van der Waals surface area contributed by atoms with E-state index in [1.54, 1.807) is 30.5 Å². The van der Waals surface area contributed by atoms with Gasteiger partial charge in [-0.25, -0.2) is 14.3 Å². The summed E-state index contributed by atoms with van der Waals surface area (Å²) in [5, 5.41) is 29.3. The molecule has 9 nitrogen and oxygen atoms in total. The Morgan fingerprint density at radius 2 is 1.56 bits per heavy atom. The number of hydrogen-bond donors (Lipinski definition) is 3. The van der Waals surface area contributed by atoms with E-state index in [-0.39, 0.29) is 17.0 Å². The first-order chi connectivity index (χ1) is 12.9. The molecular formula is C18H14N4O5. The summed E-state index contributed by atoms with van der Waals surface area (Å²) in [6.45, 7) is 1.40. The van der Waals surface area contributed by atoms with Crippen molar-refractivity contribution in [3.8, 4) is 0 Å². The van der Waals surface area contributed by atoms with Crippen molar-refractivity contribution in [1.29, 1.82) is 0 Å². The first kappa shape index (κ1) is 17.8. The third-order valence-corrected chi connectivity index (χ3v) is 3.80. The summed E-state index contributed by atoms with van der Waals surface area (Å²) in [5.74, 6) is -2.11. The van der Waals surface area contributed by atoms with E-state index in [9.17, 15) is 14.4 Å². The smallest absolute Gasteiger partial charge is 0.335 e. The molecule has 0 spiro atoms. The Morgan fingerprint density at radius 3 is 2.19 bits per heavy atom. The monoisotopic (exact) mass is 366 g/mol. The fraction of sp³-hybridized carbons (Fsp3) is 0.0556. The van der Waals surface area contributed by atoms with Crippen LogP contribution >= 0.6 is 0 Å². The lowest BCUT2D eigenvalue weighted by molar-refractivity contribution is 0.0686. The van der Waals surface area contributed by atoms with Crippen molar-refractivity contribution >= 4 is 39.7 Å². The molecule has 0 amide bonds. The summed E-state index contributed by atoms with van der Waals surface area (Å²) in [6.07, 6.45) is 3.07. The summed E-state index contributed by atoms with van der Waals surface area (Å²) >= 11 is 0. The van der Waals surface area contributed by atoms with Gasteiger partial charge in [0.05, 0.1) is 34.6 Å². The molecule has 0 unspecified atom stereocenters. The Balaban J connectivity index is 0.000000159. The molecule has 2 aromatic heterocycles. The molecule has 0 bridgehead atoms. The van der Waals surface area contributed by atoms with Crippen LogP contribution in [0.25, 0.3) is 21.8 Å². The zero-order valence-electron chi connectivity index (χ0n) is 14.1. The van der Waals surface area contributed by atoms with E-state index in [1.165, 1.54) is 29.9 Å². The van der Waals surface area contributed by atoms with Gasteiger partial charge in [-0.3, -0.25) is 9.89 Å². The number of carbonyl (C=O) groups excluding carboxylic acids is 1. The normalized spacial score (nSPS) is 10.4. The number of carboxylic acid groups (broad SMARTS) is 2. The molecule has 0 aliphatic heterocycles. The maximum atomic E-state index is 11.1. The number of carbonyl (C=O) groups is 3. The number of aromatic nitrogens is 4. The van der Waals surface area contributed by atoms with Crippen molar-refractivity contribution in [2.24, 2.45) is 0 Å². The lowest BCUT2D eigenvalue weighted by Gasteiger charge is -1.97. The average molecular weight is 366 g/mol. The van der Waals surface area contributed by atoms with Crippen LogP contribution in [0.4, 0.5) is 0 Å². The highest BCUT2D eigenvalue weighted by Crippen LogP contribution is 2.15. The molecule has 27 heavy (non-hydrogen) atoms. The minimum absolute atomic E-state index is 0.186. The van der Waals surface area contributed by atoms with Gasteiger partial charge in [0.15, 0.2) is 0 Å². The van der Waals surface area contributed by atoms with Gasteiger partial charge in [0.25, 0.3) is 0 Å². The highest BCUT2D eigenvalue weighted by Gasteiger charge is 2.09. The summed E-state index contributed by atoms with van der Waals surface area (Å²) in [6, 6.07) is 9.35. The van der Waals surface area contributed by atoms with Gasteiger partial charge in [-0.05, 0) is 36.4 Å². The van der Waals surface area contributed by atoms with Crippen molar-refractivity contribution in [3.63, 3.8) is 0 Å². The van der Waals surface area contributed by atoms with E-state index in [0.29, 0.717) is 10.9 Å². The second kappa shape index (κ2) is 7.08. The van der Waals surface area contributed by atoms with Crippen LogP contribution < -0.4 is 0 Å². The van der Waals surface area contributed by atoms with Crippen LogP contribution in [-0.2, 0) is 0 Å². The molecule has 0 saturated carbocycles. The zero-order chi connectivity index (χ0) is 19.6. The molecule has 0 radical (unpaired) electrons. The molecule has 4 rings (SSSR count). The van der Waals surface area contributed by atoms with E-state index in [2.05, 4.69) is 15.3 Å². The van der Waals surface area contributed by atoms with Crippen molar-refractivity contribution < 1.29 is 24.6 Å². The van der Waals surface area contributed by atoms with Gasteiger partial charge in [0.2, 0.25) is 5.91 Å². The van der Waals surface area contributed by atoms with Crippen molar-refractivity contribution in [3.05, 3.63) is 59.9 Å². The topological polar surface area (TPSA) is 138 Å². The van der Waals surface area contributed by atoms with Gasteiger partial charge in [-0.15, -0.1) is 0 Å². The van der Waals surface area contributed by atoms with E-state index >= 15 is 0 Å². The first-order valence-electron chi connectivity index (χ1n) is 7.75. The van der Waals surface area contributed by atoms with Crippen LogP contribution in [0.1, 0.15) is 32.4 Å². The largest absolute Gasteiger partial charge is 0.478 e. The van der Waals surface area contributed by atoms with Crippen LogP contribution in [0.15, 0.2) is 48.8 Å². The molecular weight excluding hydrogens is 352 g/mol. The summed E-state index contributed by atoms with van der Waals surface area (Å²) in [5.41, 5.74) is 1.93. The Hall–Kier alpha value is -4.01. The molecule has 0 fully saturated rings. The van der Waals surface area contributed by atoms with Gasteiger partial charge in [-0.2, -0.15) is 10.2 Å². The number of aromatic amines is 1. The van der Waals surface area contributed by atoms with Gasteiger partial charge in [-0.1, -0.05) is 0 Å². The van der Waals surface area contributed by atoms with Crippen molar-refractivity contribution in [2.45, 2.75) is 6.92 Å². The maximum absolute atomic E-state index is 11.1. The van der Waals surface area contributed by atoms with Crippen LogP contribution in [0.2, 0.25) is 0 Å². The van der Waals surface area contributed by atoms with Crippen LogP contribution in [0.5, 0.6) is 0 Å². The minimum atomic E-state index is -0.993. The van der Waals surface area contributed by atoms with Gasteiger partial charge < -0.3 is 10.2 Å². The van der Waals surface area contributed by atoms with Gasteiger partial charge >= 0.3 is 11.9 Å². The van der Waals surface area contributed by atoms with Gasteiger partial charge in [0.1, 0.15) is 0 Å². The number of aromatic carboxylic acids is 2. The molecule has 136 valence electrons. The van der Waals surface area contributed by atoms with Crippen molar-refractivity contribution in [1.82, 2.24) is 20.0 Å². The molecule has 2 aromatic carbocycles. The lowest BCUT2D eigenvalue weighted by Crippen LogP contribution is -2.06. The second-order valence-electron chi connectivity index (χ2n) is 5.63. The SMILES string of the molecule is CC(=O)n1ncc2cc(C(=O)O)ccc21.O=C(O)c1ccc2[nH]ncc2c1. The first-order valence-corrected chi connectivity index (χ1v) is 7.75. The molecule has 3 N–H and O–H groups in total. The molecule has 4 aromatic rings. The molecule has 9 heteroatoms. The molecule has 0 atom stereocenters. The van der Waals surface area contributed by atoms with Gasteiger partial charge in [0, 0.05) is 17.7 Å². The minimum Gasteiger partial charge on any atom is -0.478 e. The van der Waals surface area contributed by atoms with E-state index in [4.69, 9.17) is 10.2 Å². The standard InChI is InChI=1S/C10H8N2O3.C8H6N2O2/c1-6(13)12-9-3-2-7(10(14)15)4-8(9)5-11-12;11-8(12)5-1-2-7-6(3-5)4-9-10-7/h2-5H,1H3,(H,14,15);1-4H,(H,9,10)(H,11,12). The third kappa shape index (κ3) is 3.66. The van der Waals surface area contributed by atoms with Crippen LogP contribution in [0, 0.1) is 0 Å². The fourth-order valence-corrected chi connectivity index (χ4v) is 2.49. The number of benzene rings is 2. The predicted molar refractivity (Wildman–Crippen MR) is 96.0 cm³/mol. The highest BCUT2D eigenvalue weighted by atomic mass is 16.4. The number of hydrogen-bond acceptors (Lipinski definition) is 5. The Bertz CT molecular complexity index is 1170. The number of fused-ring (bicyclic) bond motifs is 2. The lowest BCUT2D eigenvalue weighted by atomic mass is 10.1. The second-order valence-corrected chi connectivity index (χ2v) is 5.63. The fourth-order valence-electron chi connectivity index (χ4n) is 2.49. The number of rotatable bonds is 2. The Morgan fingerprint density at radius 1 is 0.926 bits per heavy atom. The van der Waals surface area contributed by atoms with Crippen LogP contribution in [-0.4, -0.2) is 48.0 Å². The molecule has 2 heterocycles. The quantitative estimate of drug-likeness (QED) is 0.496. The Kier molecular flexibility index (Phi) is 4.67. The van der Waals surface area contributed by atoms with Crippen molar-refractivity contribution in [2.75, 3.05) is 0 Å². The number of nitrogens with zero attached hydrogens (tertiary/aromatic N) is 3. The maximum Gasteiger partial charge on any atom is 0.335 e. The zero-order valence-corrected chi connectivity index (χ0v) is 14.1. The third-order valence-electron chi connectivity index (χ3n) is 3.80. The Labute approximate surface area is 151 Å². The molecule has 0 aliphatic rings. The molecule has 0 saturated heterocycles. The summed E-state index contributed by atoms with van der Waals surface area (Å²) < 4.78 is 1.24. The summed E-state index contributed by atoms with van der Waals surface area (Å²) in [4.78, 5) is 32.4. The van der Waals surface area contributed by atoms with E-state index in [1.807, 2.05) is 0 Å².